The van der Waals surface area contributed by atoms with E-state index in [0.717, 1.165) is 32.1 Å². The maximum Gasteiger partial charge on any atom is 0.309 e. The zero-order valence-electron chi connectivity index (χ0n) is 10.8. The normalized spacial score (nSPS) is 46.4. The van der Waals surface area contributed by atoms with Crippen molar-refractivity contribution in [3.63, 3.8) is 0 Å². The number of rotatable bonds is 2. The van der Waals surface area contributed by atoms with Crippen LogP contribution in [0.5, 0.6) is 0 Å². The molecular formula is C15H18O4. The second-order valence-corrected chi connectivity index (χ2v) is 6.29. The molecule has 0 aromatic rings. The van der Waals surface area contributed by atoms with Gasteiger partial charge in [-0.05, 0) is 32.1 Å². The highest BCUT2D eigenvalue weighted by Crippen LogP contribution is 2.55. The molecule has 4 unspecified atom stereocenters. The second kappa shape index (κ2) is 4.09. The maximum absolute atomic E-state index is 12.2. The lowest BCUT2D eigenvalue weighted by atomic mass is 9.88. The third-order valence-corrected chi connectivity index (χ3v) is 5.27. The molecule has 1 saturated heterocycles. The fourth-order valence-corrected chi connectivity index (χ4v) is 4.30. The first kappa shape index (κ1) is 11.5. The van der Waals surface area contributed by atoms with Crippen LogP contribution in [0.3, 0.4) is 0 Å². The van der Waals surface area contributed by atoms with Gasteiger partial charge in [-0.1, -0.05) is 12.2 Å². The summed E-state index contributed by atoms with van der Waals surface area (Å²) < 4.78 is 11.1. The zero-order chi connectivity index (χ0) is 13.0. The third-order valence-electron chi connectivity index (χ3n) is 5.27. The van der Waals surface area contributed by atoms with Crippen LogP contribution in [0, 0.1) is 23.7 Å². The van der Waals surface area contributed by atoms with E-state index in [-0.39, 0.29) is 36.0 Å². The second-order valence-electron chi connectivity index (χ2n) is 6.29. The number of hydrogen-bond donors (Lipinski definition) is 0. The summed E-state index contributed by atoms with van der Waals surface area (Å²) in [5.74, 6) is 0.564. The lowest BCUT2D eigenvalue weighted by Crippen LogP contribution is -2.37. The number of fused-ring (bicyclic) bond motifs is 1. The van der Waals surface area contributed by atoms with Crippen LogP contribution in [0.25, 0.3) is 0 Å². The molecule has 0 radical (unpaired) electrons. The Labute approximate surface area is 112 Å². The average Bonchev–Trinajstić information content (AvgIpc) is 3.04. The van der Waals surface area contributed by atoms with E-state index in [0.29, 0.717) is 11.8 Å². The monoisotopic (exact) mass is 262 g/mol. The van der Waals surface area contributed by atoms with E-state index in [1.54, 1.807) is 0 Å². The van der Waals surface area contributed by atoms with E-state index in [2.05, 4.69) is 12.2 Å². The lowest BCUT2D eigenvalue weighted by molar-refractivity contribution is -0.165. The Morgan fingerprint density at radius 1 is 1.32 bits per heavy atom. The molecule has 102 valence electrons. The molecule has 0 spiro atoms. The quantitative estimate of drug-likeness (QED) is 0.563. The van der Waals surface area contributed by atoms with Crippen LogP contribution in [-0.4, -0.2) is 24.1 Å². The Balaban J connectivity index is 1.45. The minimum absolute atomic E-state index is 0.00275. The van der Waals surface area contributed by atoms with Gasteiger partial charge < -0.3 is 9.47 Å². The van der Waals surface area contributed by atoms with Gasteiger partial charge in [-0.3, -0.25) is 9.59 Å². The molecule has 0 N–H and O–H groups in total. The van der Waals surface area contributed by atoms with Crippen molar-refractivity contribution in [2.45, 2.75) is 44.3 Å². The molecule has 2 saturated carbocycles. The molecule has 0 aromatic carbocycles. The first-order chi connectivity index (χ1) is 9.24. The summed E-state index contributed by atoms with van der Waals surface area (Å²) in [5.41, 5.74) is 0. The summed E-state index contributed by atoms with van der Waals surface area (Å²) in [6, 6.07) is 0. The molecule has 19 heavy (non-hydrogen) atoms. The van der Waals surface area contributed by atoms with Gasteiger partial charge in [-0.25, -0.2) is 0 Å². The van der Waals surface area contributed by atoms with E-state index in [4.69, 9.17) is 9.47 Å². The van der Waals surface area contributed by atoms with Gasteiger partial charge in [0.25, 0.3) is 0 Å². The Hall–Kier alpha value is -1.32. The molecule has 3 aliphatic carbocycles. The molecule has 4 rings (SSSR count). The summed E-state index contributed by atoms with van der Waals surface area (Å²) in [4.78, 5) is 23.8. The van der Waals surface area contributed by atoms with Gasteiger partial charge in [-0.15, -0.1) is 0 Å². The van der Waals surface area contributed by atoms with Gasteiger partial charge in [0.05, 0.1) is 11.8 Å². The number of esters is 2. The zero-order valence-corrected chi connectivity index (χ0v) is 10.8. The van der Waals surface area contributed by atoms with Crippen LogP contribution < -0.4 is 0 Å². The standard InChI is InChI=1S/C15H18O4/c16-14(8-4-2-1-3-5-8)18-12-9-6-10-11(7-9)15(17)19-13(10)12/h1-2,8-13H,3-7H2/t8?,9-,10?,11+,12?,13?/m0/s1. The number of carbonyl (C=O) groups excluding carboxylic acids is 2. The molecule has 1 heterocycles. The van der Waals surface area contributed by atoms with Gasteiger partial charge >= 0.3 is 11.9 Å². The van der Waals surface area contributed by atoms with Crippen molar-refractivity contribution in [1.29, 1.82) is 0 Å². The highest BCUT2D eigenvalue weighted by atomic mass is 16.6. The predicted octanol–water partition coefficient (Wildman–Crippen LogP) is 1.84. The summed E-state index contributed by atoms with van der Waals surface area (Å²) in [7, 11) is 0. The SMILES string of the molecule is O=C(OC1C2OC(=O)[C@@H]3C[C@@H]1CC23)C1CC=CCC1. The van der Waals surface area contributed by atoms with Crippen molar-refractivity contribution in [2.75, 3.05) is 0 Å². The summed E-state index contributed by atoms with van der Waals surface area (Å²) in [6.45, 7) is 0. The van der Waals surface area contributed by atoms with Crippen LogP contribution in [-0.2, 0) is 19.1 Å². The smallest absolute Gasteiger partial charge is 0.309 e. The van der Waals surface area contributed by atoms with Crippen molar-refractivity contribution < 1.29 is 19.1 Å². The number of allylic oxidation sites excluding steroid dienone is 2. The van der Waals surface area contributed by atoms with Crippen LogP contribution in [0.4, 0.5) is 0 Å². The van der Waals surface area contributed by atoms with E-state index in [1.165, 1.54) is 0 Å². The highest BCUT2D eigenvalue weighted by Gasteiger charge is 2.63. The van der Waals surface area contributed by atoms with Gasteiger partial charge in [-0.2, -0.15) is 0 Å². The van der Waals surface area contributed by atoms with Crippen molar-refractivity contribution in [1.82, 2.24) is 0 Å². The van der Waals surface area contributed by atoms with Crippen LogP contribution >= 0.6 is 0 Å². The molecule has 0 aromatic heterocycles. The summed E-state index contributed by atoms with van der Waals surface area (Å²) in [5, 5.41) is 0. The Kier molecular flexibility index (Phi) is 2.47. The molecule has 4 heteroatoms. The first-order valence-corrected chi connectivity index (χ1v) is 7.30. The van der Waals surface area contributed by atoms with Gasteiger partial charge in [0.1, 0.15) is 12.2 Å². The number of hydrogen-bond acceptors (Lipinski definition) is 4. The highest BCUT2D eigenvalue weighted by molar-refractivity contribution is 5.77. The van der Waals surface area contributed by atoms with Crippen molar-refractivity contribution in [2.24, 2.45) is 23.7 Å². The third kappa shape index (κ3) is 1.65. The van der Waals surface area contributed by atoms with Crippen LogP contribution in [0.15, 0.2) is 12.2 Å². The fraction of sp³-hybridized carbons (Fsp3) is 0.733. The topological polar surface area (TPSA) is 52.6 Å². The van der Waals surface area contributed by atoms with Crippen molar-refractivity contribution >= 4 is 11.9 Å². The van der Waals surface area contributed by atoms with E-state index in [1.807, 2.05) is 0 Å². The Morgan fingerprint density at radius 2 is 2.21 bits per heavy atom. The molecule has 4 aliphatic rings. The lowest BCUT2D eigenvalue weighted by Gasteiger charge is -2.27. The van der Waals surface area contributed by atoms with E-state index >= 15 is 0 Å². The number of ether oxygens (including phenoxy) is 2. The summed E-state index contributed by atoms with van der Waals surface area (Å²) >= 11 is 0. The largest absolute Gasteiger partial charge is 0.458 e. The van der Waals surface area contributed by atoms with Crippen LogP contribution in [0.2, 0.25) is 0 Å². The molecule has 3 fully saturated rings. The van der Waals surface area contributed by atoms with Gasteiger partial charge in [0, 0.05) is 11.8 Å². The van der Waals surface area contributed by atoms with Gasteiger partial charge in [0.2, 0.25) is 0 Å². The van der Waals surface area contributed by atoms with E-state index in [9.17, 15) is 9.59 Å². The molecule has 6 atom stereocenters. The molecular weight excluding hydrogens is 244 g/mol. The maximum atomic E-state index is 12.2. The number of carbonyl (C=O) groups is 2. The fourth-order valence-electron chi connectivity index (χ4n) is 4.30. The van der Waals surface area contributed by atoms with E-state index < -0.39 is 0 Å². The summed E-state index contributed by atoms with van der Waals surface area (Å²) in [6.07, 6.45) is 8.30. The Morgan fingerprint density at radius 3 is 3.00 bits per heavy atom. The molecule has 2 bridgehead atoms. The first-order valence-electron chi connectivity index (χ1n) is 7.30. The minimum Gasteiger partial charge on any atom is -0.458 e. The minimum atomic E-state index is -0.175. The Bertz CT molecular complexity index is 455. The molecule has 0 amide bonds. The average molecular weight is 262 g/mol. The van der Waals surface area contributed by atoms with Crippen molar-refractivity contribution in [3.05, 3.63) is 12.2 Å². The molecule has 1 aliphatic heterocycles. The predicted molar refractivity (Wildman–Crippen MR) is 65.9 cm³/mol. The molecule has 4 nitrogen and oxygen atoms in total. The van der Waals surface area contributed by atoms with Crippen molar-refractivity contribution in [3.8, 4) is 0 Å². The van der Waals surface area contributed by atoms with Crippen LogP contribution in [0.1, 0.15) is 32.1 Å². The van der Waals surface area contributed by atoms with Gasteiger partial charge in [0.15, 0.2) is 0 Å².